The Kier molecular flexibility index (Phi) is 6.38. The molecule has 33 heavy (non-hydrogen) atoms. The standard InChI is InChI=1S/C22H26F5N3O3/c1-5-28-19(32)29(4)12-15-18(30-10-6-7-17(30)31)14-11-13(21(23,24)22(25,26)27)8-9-16(14)33-20(15,2)3/h8-9,11H,5-7,10,12H2,1-4H3,(H,28,32). The van der Waals surface area contributed by atoms with Gasteiger partial charge in [0.1, 0.15) is 11.4 Å². The van der Waals surface area contributed by atoms with Crippen molar-refractivity contribution in [1.29, 1.82) is 0 Å². The topological polar surface area (TPSA) is 61.9 Å². The largest absolute Gasteiger partial charge is 0.483 e. The average molecular weight is 475 g/mol. The Labute approximate surface area is 188 Å². The number of carbonyl (C=O) groups excluding carboxylic acids is 2. The highest BCUT2D eigenvalue weighted by molar-refractivity contribution is 5.92. The number of nitrogens with zero attached hydrogens (tertiary/aromatic N) is 2. The number of urea groups is 1. The summed E-state index contributed by atoms with van der Waals surface area (Å²) in [5, 5.41) is 2.64. The zero-order valence-electron chi connectivity index (χ0n) is 18.8. The van der Waals surface area contributed by atoms with Gasteiger partial charge in [0.15, 0.2) is 0 Å². The van der Waals surface area contributed by atoms with Crippen molar-refractivity contribution in [3.8, 4) is 5.75 Å². The van der Waals surface area contributed by atoms with Gasteiger partial charge < -0.3 is 19.9 Å². The molecule has 0 atom stereocenters. The number of carbonyl (C=O) groups is 2. The van der Waals surface area contributed by atoms with E-state index in [2.05, 4.69) is 5.32 Å². The van der Waals surface area contributed by atoms with Crippen LogP contribution in [0.15, 0.2) is 23.8 Å². The molecular formula is C22H26F5N3O3. The highest BCUT2D eigenvalue weighted by Gasteiger charge is 2.59. The van der Waals surface area contributed by atoms with Crippen molar-refractivity contribution in [2.75, 3.05) is 26.7 Å². The van der Waals surface area contributed by atoms with Gasteiger partial charge >= 0.3 is 18.1 Å². The zero-order valence-corrected chi connectivity index (χ0v) is 18.8. The molecule has 1 aromatic carbocycles. The number of alkyl halides is 5. The summed E-state index contributed by atoms with van der Waals surface area (Å²) in [5.41, 5.74) is -1.73. The van der Waals surface area contributed by atoms with Crippen molar-refractivity contribution < 1.29 is 36.3 Å². The van der Waals surface area contributed by atoms with Crippen molar-refractivity contribution in [1.82, 2.24) is 15.1 Å². The molecule has 0 aliphatic carbocycles. The smallest absolute Gasteiger partial charge is 0.458 e. The van der Waals surface area contributed by atoms with E-state index in [0.717, 1.165) is 12.1 Å². The third-order valence-electron chi connectivity index (χ3n) is 5.74. The third-order valence-corrected chi connectivity index (χ3v) is 5.74. The molecule has 1 aromatic rings. The fourth-order valence-electron chi connectivity index (χ4n) is 4.00. The van der Waals surface area contributed by atoms with Crippen molar-refractivity contribution in [2.45, 2.75) is 51.3 Å². The van der Waals surface area contributed by atoms with Crippen LogP contribution in [0.5, 0.6) is 5.75 Å². The Morgan fingerprint density at radius 1 is 1.24 bits per heavy atom. The second-order valence-electron chi connectivity index (χ2n) is 8.56. The molecular weight excluding hydrogens is 449 g/mol. The monoisotopic (exact) mass is 475 g/mol. The summed E-state index contributed by atoms with van der Waals surface area (Å²) in [6.45, 7) is 5.74. The van der Waals surface area contributed by atoms with Crippen LogP contribution in [0.1, 0.15) is 44.7 Å². The summed E-state index contributed by atoms with van der Waals surface area (Å²) in [6.07, 6.45) is -5.06. The molecule has 0 saturated carbocycles. The van der Waals surface area contributed by atoms with Gasteiger partial charge in [-0.1, -0.05) is 0 Å². The predicted molar refractivity (Wildman–Crippen MR) is 111 cm³/mol. The van der Waals surface area contributed by atoms with Crippen molar-refractivity contribution in [3.05, 3.63) is 34.9 Å². The van der Waals surface area contributed by atoms with Crippen molar-refractivity contribution in [3.63, 3.8) is 0 Å². The lowest BCUT2D eigenvalue weighted by Gasteiger charge is -2.41. The second-order valence-corrected chi connectivity index (χ2v) is 8.56. The number of ether oxygens (including phenoxy) is 1. The van der Waals surface area contributed by atoms with Gasteiger partial charge in [-0.15, -0.1) is 0 Å². The molecule has 11 heteroatoms. The summed E-state index contributed by atoms with van der Waals surface area (Å²) in [6, 6.07) is 2.07. The van der Waals surface area contributed by atoms with Crippen molar-refractivity contribution >= 4 is 17.6 Å². The summed E-state index contributed by atoms with van der Waals surface area (Å²) < 4.78 is 73.4. The Balaban J connectivity index is 2.22. The number of halogens is 5. The maximum atomic E-state index is 14.1. The fourth-order valence-corrected chi connectivity index (χ4v) is 4.00. The highest BCUT2D eigenvalue weighted by atomic mass is 19.4. The van der Waals surface area contributed by atoms with Gasteiger partial charge in [-0.25, -0.2) is 4.79 Å². The number of likely N-dealkylation sites (tertiary alicyclic amines) is 1. The first-order valence-electron chi connectivity index (χ1n) is 10.5. The van der Waals surface area contributed by atoms with Crippen LogP contribution in [-0.2, 0) is 10.7 Å². The summed E-state index contributed by atoms with van der Waals surface area (Å²) in [5.74, 6) is -5.28. The molecule has 3 amide bonds. The first kappa shape index (κ1) is 24.8. The normalized spacial score (nSPS) is 18.2. The number of rotatable bonds is 5. The maximum Gasteiger partial charge on any atom is 0.458 e. The van der Waals surface area contributed by atoms with Crippen LogP contribution in [0.4, 0.5) is 26.7 Å². The number of amides is 3. The van der Waals surface area contributed by atoms with Crippen LogP contribution >= 0.6 is 0 Å². The van der Waals surface area contributed by atoms with Gasteiger partial charge in [0, 0.05) is 49.8 Å². The molecule has 0 aromatic heterocycles. The van der Waals surface area contributed by atoms with Crippen LogP contribution in [0.25, 0.3) is 5.70 Å². The Bertz CT molecular complexity index is 988. The highest BCUT2D eigenvalue weighted by Crippen LogP contribution is 2.49. The van der Waals surface area contributed by atoms with E-state index < -0.39 is 29.3 Å². The molecule has 2 aliphatic heterocycles. The zero-order chi connectivity index (χ0) is 24.8. The molecule has 2 aliphatic rings. The molecule has 182 valence electrons. The second kappa shape index (κ2) is 8.49. The molecule has 0 spiro atoms. The molecule has 0 unspecified atom stereocenters. The minimum Gasteiger partial charge on any atom is -0.483 e. The number of nitrogens with one attached hydrogen (secondary N) is 1. The predicted octanol–water partition coefficient (Wildman–Crippen LogP) is 4.51. The molecule has 2 heterocycles. The number of likely N-dealkylation sites (N-methyl/N-ethyl adjacent to an activating group) is 1. The lowest BCUT2D eigenvalue weighted by atomic mass is 9.87. The fraction of sp³-hybridized carbons (Fsp3) is 0.545. The molecule has 6 nitrogen and oxygen atoms in total. The van der Waals surface area contributed by atoms with Crippen LogP contribution in [0, 0.1) is 0 Å². The molecule has 3 rings (SSSR count). The quantitative estimate of drug-likeness (QED) is 0.638. The minimum absolute atomic E-state index is 0.0305. The molecule has 0 bridgehead atoms. The van der Waals surface area contributed by atoms with Gasteiger partial charge in [0.05, 0.1) is 5.70 Å². The van der Waals surface area contributed by atoms with Crippen LogP contribution < -0.4 is 10.1 Å². The van der Waals surface area contributed by atoms with Gasteiger partial charge in [0.25, 0.3) is 0 Å². The Hall–Kier alpha value is -2.85. The third kappa shape index (κ3) is 4.49. The van der Waals surface area contributed by atoms with Gasteiger partial charge in [-0.3, -0.25) is 4.79 Å². The molecule has 1 N–H and O–H groups in total. The minimum atomic E-state index is -5.79. The number of hydrogen-bond donors (Lipinski definition) is 1. The van der Waals surface area contributed by atoms with E-state index in [1.807, 2.05) is 0 Å². The van der Waals surface area contributed by atoms with E-state index in [1.165, 1.54) is 16.8 Å². The SMILES string of the molecule is CCNC(=O)N(C)CC1=C(N2CCCC2=O)c2cc(C(F)(F)C(F)(F)F)ccc2OC1(C)C. The number of hydrogen-bond acceptors (Lipinski definition) is 3. The van der Waals surface area contributed by atoms with Crippen molar-refractivity contribution in [2.24, 2.45) is 0 Å². The molecule has 1 fully saturated rings. The van der Waals surface area contributed by atoms with E-state index in [9.17, 15) is 31.5 Å². The summed E-state index contributed by atoms with van der Waals surface area (Å²) >= 11 is 0. The van der Waals surface area contributed by atoms with Crippen LogP contribution in [0.2, 0.25) is 0 Å². The first-order valence-corrected chi connectivity index (χ1v) is 10.5. The van der Waals surface area contributed by atoms with Crippen LogP contribution in [0.3, 0.4) is 0 Å². The molecule has 1 saturated heterocycles. The first-order chi connectivity index (χ1) is 15.2. The van der Waals surface area contributed by atoms with E-state index in [-0.39, 0.29) is 42.4 Å². The molecule has 0 radical (unpaired) electrons. The Morgan fingerprint density at radius 2 is 1.91 bits per heavy atom. The lowest BCUT2D eigenvalue weighted by molar-refractivity contribution is -0.289. The lowest BCUT2D eigenvalue weighted by Crippen LogP contribution is -2.46. The van der Waals surface area contributed by atoms with E-state index in [4.69, 9.17) is 4.74 Å². The van der Waals surface area contributed by atoms with Gasteiger partial charge in [-0.05, 0) is 45.4 Å². The van der Waals surface area contributed by atoms with Gasteiger partial charge in [-0.2, -0.15) is 22.0 Å². The van der Waals surface area contributed by atoms with Crippen LogP contribution in [-0.4, -0.2) is 60.2 Å². The average Bonchev–Trinajstić information content (AvgIpc) is 3.12. The summed E-state index contributed by atoms with van der Waals surface area (Å²) in [4.78, 5) is 27.7. The van der Waals surface area contributed by atoms with E-state index in [1.54, 1.807) is 20.8 Å². The van der Waals surface area contributed by atoms with Gasteiger partial charge in [0.2, 0.25) is 5.91 Å². The van der Waals surface area contributed by atoms with E-state index in [0.29, 0.717) is 24.6 Å². The maximum absolute atomic E-state index is 14.1. The Morgan fingerprint density at radius 3 is 2.45 bits per heavy atom. The van der Waals surface area contributed by atoms with E-state index >= 15 is 0 Å². The number of benzene rings is 1. The number of fused-ring (bicyclic) bond motifs is 1. The summed E-state index contributed by atoms with van der Waals surface area (Å²) in [7, 11) is 1.52.